The molecule has 0 radical (unpaired) electrons. The standard InChI is InChI=1S/C21H19N5O8/c27-20-19(24(13-34-20)21(28)33-11-14-4-2-1-3-5-14)9-16-10-22-12-23(16)17-7-6-15(25(29)30)8-18(17)26(31)32/h1-8,10,19,22H,9,11-13H2. The summed E-state index contributed by atoms with van der Waals surface area (Å²) >= 11 is 0. The molecular weight excluding hydrogens is 450 g/mol. The Kier molecular flexibility index (Phi) is 6.25. The highest BCUT2D eigenvalue weighted by Crippen LogP contribution is 2.36. The number of hydrogen-bond donors (Lipinski definition) is 1. The molecule has 0 saturated carbocycles. The number of rotatable bonds is 7. The number of benzene rings is 2. The van der Waals surface area contributed by atoms with Crippen molar-refractivity contribution in [3.63, 3.8) is 0 Å². The first kappa shape index (κ1) is 22.5. The van der Waals surface area contributed by atoms with Crippen molar-refractivity contribution in [2.75, 3.05) is 18.3 Å². The Bertz CT molecular complexity index is 1170. The van der Waals surface area contributed by atoms with Gasteiger partial charge in [-0.3, -0.25) is 25.1 Å². The minimum absolute atomic E-state index is 0.0135. The summed E-state index contributed by atoms with van der Waals surface area (Å²) in [4.78, 5) is 48.8. The van der Waals surface area contributed by atoms with Gasteiger partial charge in [-0.05, 0) is 11.6 Å². The second-order valence-corrected chi connectivity index (χ2v) is 7.44. The largest absolute Gasteiger partial charge is 0.444 e. The van der Waals surface area contributed by atoms with E-state index in [4.69, 9.17) is 9.47 Å². The average molecular weight is 469 g/mol. The summed E-state index contributed by atoms with van der Waals surface area (Å²) in [5.41, 5.74) is 0.466. The van der Waals surface area contributed by atoms with Crippen LogP contribution >= 0.6 is 0 Å². The Balaban J connectivity index is 1.50. The van der Waals surface area contributed by atoms with Crippen LogP contribution in [-0.4, -0.2) is 46.3 Å². The smallest absolute Gasteiger partial charge is 0.413 e. The van der Waals surface area contributed by atoms with Gasteiger partial charge in [0.25, 0.3) is 11.4 Å². The van der Waals surface area contributed by atoms with Crippen molar-refractivity contribution < 1.29 is 28.9 Å². The summed E-state index contributed by atoms with van der Waals surface area (Å²) in [5, 5.41) is 25.5. The van der Waals surface area contributed by atoms with E-state index in [1.807, 2.05) is 6.07 Å². The minimum atomic E-state index is -1.01. The molecule has 2 aromatic carbocycles. The van der Waals surface area contributed by atoms with E-state index in [1.54, 1.807) is 30.5 Å². The van der Waals surface area contributed by atoms with Gasteiger partial charge in [0.2, 0.25) is 0 Å². The number of ether oxygens (including phenoxy) is 2. The van der Waals surface area contributed by atoms with Gasteiger partial charge in [0.15, 0.2) is 6.73 Å². The molecule has 4 rings (SSSR count). The third kappa shape index (κ3) is 4.57. The molecule has 2 heterocycles. The van der Waals surface area contributed by atoms with Gasteiger partial charge < -0.3 is 19.7 Å². The normalized spacial score (nSPS) is 17.1. The number of anilines is 1. The van der Waals surface area contributed by atoms with E-state index < -0.39 is 39.3 Å². The third-order valence-electron chi connectivity index (χ3n) is 5.36. The molecule has 2 aromatic rings. The van der Waals surface area contributed by atoms with Crippen LogP contribution in [0.1, 0.15) is 12.0 Å². The highest BCUT2D eigenvalue weighted by molar-refractivity contribution is 5.84. The van der Waals surface area contributed by atoms with E-state index in [0.29, 0.717) is 5.70 Å². The van der Waals surface area contributed by atoms with Gasteiger partial charge in [-0.15, -0.1) is 0 Å². The Labute approximate surface area is 192 Å². The zero-order valence-electron chi connectivity index (χ0n) is 17.7. The maximum Gasteiger partial charge on any atom is 0.413 e. The molecule has 2 aliphatic heterocycles. The molecule has 0 aliphatic carbocycles. The van der Waals surface area contributed by atoms with Crippen LogP contribution in [0.2, 0.25) is 0 Å². The van der Waals surface area contributed by atoms with E-state index in [-0.39, 0.29) is 32.1 Å². The number of carbonyl (C=O) groups is 2. The molecule has 0 spiro atoms. The van der Waals surface area contributed by atoms with Crippen molar-refractivity contribution in [3.8, 4) is 0 Å². The zero-order valence-corrected chi connectivity index (χ0v) is 17.7. The number of nitro groups is 2. The van der Waals surface area contributed by atoms with Gasteiger partial charge in [-0.1, -0.05) is 30.3 Å². The molecule has 1 atom stereocenters. The summed E-state index contributed by atoms with van der Waals surface area (Å²) < 4.78 is 10.3. The van der Waals surface area contributed by atoms with E-state index >= 15 is 0 Å². The third-order valence-corrected chi connectivity index (χ3v) is 5.36. The van der Waals surface area contributed by atoms with Crippen LogP contribution in [0.3, 0.4) is 0 Å². The SMILES string of the molecule is O=C1OCN(C(=O)OCc2ccccc2)C1CC1=CNCN1c1ccc([N+](=O)[O-])cc1[N+](=O)[O-]. The van der Waals surface area contributed by atoms with Crippen molar-refractivity contribution in [2.24, 2.45) is 0 Å². The molecule has 34 heavy (non-hydrogen) atoms. The fourth-order valence-electron chi connectivity index (χ4n) is 3.66. The molecule has 13 heteroatoms. The van der Waals surface area contributed by atoms with Crippen molar-refractivity contribution in [3.05, 3.63) is 86.2 Å². The molecule has 1 unspecified atom stereocenters. The highest BCUT2D eigenvalue weighted by atomic mass is 16.6. The maximum absolute atomic E-state index is 12.6. The van der Waals surface area contributed by atoms with Crippen molar-refractivity contribution in [1.29, 1.82) is 0 Å². The van der Waals surface area contributed by atoms with Gasteiger partial charge in [0.05, 0.1) is 22.6 Å². The minimum Gasteiger partial charge on any atom is -0.444 e. The van der Waals surface area contributed by atoms with Crippen LogP contribution in [-0.2, 0) is 20.9 Å². The summed E-state index contributed by atoms with van der Waals surface area (Å²) in [6.45, 7) is -0.133. The molecule has 0 bridgehead atoms. The average Bonchev–Trinajstić information content (AvgIpc) is 3.44. The van der Waals surface area contributed by atoms with Crippen molar-refractivity contribution in [1.82, 2.24) is 10.2 Å². The number of nitrogens with one attached hydrogen (secondary N) is 1. The molecule has 2 aliphatic rings. The second-order valence-electron chi connectivity index (χ2n) is 7.44. The molecule has 176 valence electrons. The van der Waals surface area contributed by atoms with Gasteiger partial charge in [0, 0.05) is 24.4 Å². The number of non-ortho nitro benzene ring substituents is 1. The first-order valence-corrected chi connectivity index (χ1v) is 10.1. The molecule has 1 N–H and O–H groups in total. The van der Waals surface area contributed by atoms with Crippen molar-refractivity contribution in [2.45, 2.75) is 19.1 Å². The number of nitrogens with zero attached hydrogens (tertiary/aromatic N) is 4. The number of esters is 1. The van der Waals surface area contributed by atoms with E-state index in [0.717, 1.165) is 22.6 Å². The Hall–Kier alpha value is -4.68. The second kappa shape index (κ2) is 9.44. The monoisotopic (exact) mass is 469 g/mol. The Morgan fingerprint density at radius 1 is 1.15 bits per heavy atom. The number of nitro benzene ring substituents is 2. The summed E-state index contributed by atoms with van der Waals surface area (Å²) in [5.74, 6) is -0.636. The predicted molar refractivity (Wildman–Crippen MR) is 116 cm³/mol. The molecule has 0 aromatic heterocycles. The fraction of sp³-hybridized carbons (Fsp3) is 0.238. The summed E-state index contributed by atoms with van der Waals surface area (Å²) in [6, 6.07) is 11.3. The van der Waals surface area contributed by atoms with E-state index in [1.165, 1.54) is 11.0 Å². The van der Waals surface area contributed by atoms with Crippen LogP contribution in [0.4, 0.5) is 21.9 Å². The van der Waals surface area contributed by atoms with E-state index in [9.17, 15) is 29.8 Å². The predicted octanol–water partition coefficient (Wildman–Crippen LogP) is 2.62. The lowest BCUT2D eigenvalue weighted by Gasteiger charge is -2.25. The first-order chi connectivity index (χ1) is 16.3. The lowest BCUT2D eigenvalue weighted by atomic mass is 10.1. The number of amides is 1. The topological polar surface area (TPSA) is 157 Å². The van der Waals surface area contributed by atoms with Crippen molar-refractivity contribution >= 4 is 29.1 Å². The molecule has 1 saturated heterocycles. The quantitative estimate of drug-likeness (QED) is 0.363. The molecule has 1 amide bonds. The number of cyclic esters (lactones) is 1. The van der Waals surface area contributed by atoms with E-state index in [2.05, 4.69) is 5.32 Å². The number of hydrogen-bond acceptors (Lipinski definition) is 10. The van der Waals surface area contributed by atoms with Gasteiger partial charge in [0.1, 0.15) is 18.3 Å². The Morgan fingerprint density at radius 3 is 2.62 bits per heavy atom. The highest BCUT2D eigenvalue weighted by Gasteiger charge is 2.41. The fourth-order valence-corrected chi connectivity index (χ4v) is 3.66. The van der Waals surface area contributed by atoms with Crippen LogP contribution < -0.4 is 10.2 Å². The van der Waals surface area contributed by atoms with Gasteiger partial charge >= 0.3 is 12.1 Å². The van der Waals surface area contributed by atoms with Crippen LogP contribution in [0, 0.1) is 20.2 Å². The first-order valence-electron chi connectivity index (χ1n) is 10.1. The van der Waals surface area contributed by atoms with Crippen LogP contribution in [0.15, 0.2) is 60.4 Å². The lowest BCUT2D eigenvalue weighted by Crippen LogP contribution is -2.40. The number of carbonyl (C=O) groups excluding carboxylic acids is 2. The van der Waals surface area contributed by atoms with Crippen LogP contribution in [0.25, 0.3) is 0 Å². The van der Waals surface area contributed by atoms with Gasteiger partial charge in [-0.2, -0.15) is 0 Å². The summed E-state index contributed by atoms with van der Waals surface area (Å²) in [6.07, 6.45) is 0.809. The lowest BCUT2D eigenvalue weighted by molar-refractivity contribution is -0.393. The molecule has 1 fully saturated rings. The summed E-state index contributed by atoms with van der Waals surface area (Å²) in [7, 11) is 0. The Morgan fingerprint density at radius 2 is 1.91 bits per heavy atom. The molecule has 13 nitrogen and oxygen atoms in total. The maximum atomic E-state index is 12.6. The molecular formula is C21H19N5O8. The van der Waals surface area contributed by atoms with Gasteiger partial charge in [-0.25, -0.2) is 9.59 Å². The van der Waals surface area contributed by atoms with Crippen LogP contribution in [0.5, 0.6) is 0 Å². The zero-order chi connectivity index (χ0) is 24.2.